The van der Waals surface area contributed by atoms with Crippen LogP contribution in [0.2, 0.25) is 0 Å². The molecule has 0 saturated carbocycles. The van der Waals surface area contributed by atoms with E-state index in [1.807, 2.05) is 0 Å². The molecule has 9 heteroatoms. The van der Waals surface area contributed by atoms with Gasteiger partial charge in [-0.1, -0.05) is 48.5 Å². The van der Waals surface area contributed by atoms with Gasteiger partial charge in [-0.05, 0) is 24.6 Å². The third kappa shape index (κ3) is 4.13. The zero-order valence-corrected chi connectivity index (χ0v) is 16.6. The minimum Gasteiger partial charge on any atom is -0.367 e. The Hall–Kier alpha value is -3.33. The summed E-state index contributed by atoms with van der Waals surface area (Å²) in [5.41, 5.74) is 3.87. The number of benzene rings is 2. The molecule has 3 unspecified atom stereocenters. The number of alkyl halides is 3. The number of anilines is 1. The lowest BCUT2D eigenvalue weighted by Crippen LogP contribution is -2.55. The van der Waals surface area contributed by atoms with Crippen molar-refractivity contribution >= 4 is 17.5 Å². The Morgan fingerprint density at radius 2 is 1.68 bits per heavy atom. The fraction of sp³-hybridized carbons (Fsp3) is 0.273. The number of allylic oxidation sites excluding steroid dienone is 1. The van der Waals surface area contributed by atoms with Gasteiger partial charge in [0.1, 0.15) is 12.2 Å². The maximum absolute atomic E-state index is 13.8. The second kappa shape index (κ2) is 8.07. The molecule has 3 atom stereocenters. The molecule has 2 heterocycles. The van der Waals surface area contributed by atoms with Crippen LogP contribution in [0.5, 0.6) is 0 Å². The molecule has 1 fully saturated rings. The first-order valence-electron chi connectivity index (χ1n) is 9.78. The van der Waals surface area contributed by atoms with Crippen LogP contribution in [0.1, 0.15) is 24.8 Å². The second-order valence-electron chi connectivity index (χ2n) is 7.54. The molecule has 2 aliphatic rings. The molecule has 0 spiro atoms. The molecule has 2 aliphatic heterocycles. The van der Waals surface area contributed by atoms with Crippen LogP contribution in [0.3, 0.4) is 0 Å². The molecular weight excluding hydrogens is 409 g/mol. The molecule has 4 rings (SSSR count). The topological polar surface area (TPSA) is 73.5 Å². The lowest BCUT2D eigenvalue weighted by molar-refractivity contribution is -0.161. The van der Waals surface area contributed by atoms with Gasteiger partial charge in [0.2, 0.25) is 5.91 Å². The first-order chi connectivity index (χ1) is 14.8. The van der Waals surface area contributed by atoms with E-state index in [-0.39, 0.29) is 12.0 Å². The van der Waals surface area contributed by atoms with Crippen molar-refractivity contribution in [2.24, 2.45) is 0 Å². The number of halogens is 3. The van der Waals surface area contributed by atoms with Crippen LogP contribution < -0.4 is 16.1 Å². The van der Waals surface area contributed by atoms with E-state index in [0.29, 0.717) is 16.9 Å². The van der Waals surface area contributed by atoms with Crippen molar-refractivity contribution in [2.75, 3.05) is 5.32 Å². The van der Waals surface area contributed by atoms with Crippen LogP contribution >= 0.6 is 0 Å². The molecule has 2 amide bonds. The molecule has 6 nitrogen and oxygen atoms in total. The molecule has 3 N–H and O–H groups in total. The Labute approximate surface area is 177 Å². The van der Waals surface area contributed by atoms with Gasteiger partial charge in [-0.2, -0.15) is 13.2 Å². The molecule has 162 valence electrons. The minimum absolute atomic E-state index is 0.117. The summed E-state index contributed by atoms with van der Waals surface area (Å²) in [4.78, 5) is 25.5. The van der Waals surface area contributed by atoms with Gasteiger partial charge >= 0.3 is 6.18 Å². The SMILES string of the molecule is CC1=C(CC(=O)Nc2ccccc2)C(=O)N2NC(C(F)(F)F)C(c3ccccc3)C2N1. The molecule has 0 radical (unpaired) electrons. The number of carbonyl (C=O) groups excluding carboxylic acids is 2. The molecule has 0 aromatic heterocycles. The van der Waals surface area contributed by atoms with E-state index in [9.17, 15) is 22.8 Å². The van der Waals surface area contributed by atoms with E-state index in [4.69, 9.17) is 0 Å². The van der Waals surface area contributed by atoms with Crippen LogP contribution in [0.25, 0.3) is 0 Å². The zero-order valence-electron chi connectivity index (χ0n) is 16.6. The molecule has 1 saturated heterocycles. The smallest absolute Gasteiger partial charge is 0.367 e. The fourth-order valence-electron chi connectivity index (χ4n) is 4.03. The number of amides is 2. The van der Waals surface area contributed by atoms with E-state index in [1.165, 1.54) is 0 Å². The number of fused-ring (bicyclic) bond motifs is 1. The monoisotopic (exact) mass is 430 g/mol. The van der Waals surface area contributed by atoms with Gasteiger partial charge in [0.15, 0.2) is 0 Å². The van der Waals surface area contributed by atoms with Gasteiger partial charge in [0, 0.05) is 17.0 Å². The summed E-state index contributed by atoms with van der Waals surface area (Å²) in [6.07, 6.45) is -5.76. The molecular formula is C22H21F3N4O2. The van der Waals surface area contributed by atoms with Crippen molar-refractivity contribution in [3.8, 4) is 0 Å². The lowest BCUT2D eigenvalue weighted by Gasteiger charge is -2.35. The van der Waals surface area contributed by atoms with Gasteiger partial charge in [-0.25, -0.2) is 5.43 Å². The summed E-state index contributed by atoms with van der Waals surface area (Å²) in [6.45, 7) is 1.60. The quantitative estimate of drug-likeness (QED) is 0.696. The highest BCUT2D eigenvalue weighted by molar-refractivity contribution is 6.03. The predicted molar refractivity (Wildman–Crippen MR) is 108 cm³/mol. The Kier molecular flexibility index (Phi) is 5.45. The van der Waals surface area contributed by atoms with Gasteiger partial charge in [0.05, 0.1) is 12.3 Å². The summed E-state index contributed by atoms with van der Waals surface area (Å²) in [5, 5.41) is 6.67. The number of hydrazine groups is 1. The summed E-state index contributed by atoms with van der Waals surface area (Å²) in [5.74, 6) is -2.11. The molecule has 0 aliphatic carbocycles. The number of para-hydroxylation sites is 1. The third-order valence-corrected chi connectivity index (χ3v) is 5.48. The van der Waals surface area contributed by atoms with Crippen molar-refractivity contribution in [3.05, 3.63) is 77.5 Å². The van der Waals surface area contributed by atoms with Gasteiger partial charge in [0.25, 0.3) is 5.91 Å². The van der Waals surface area contributed by atoms with Crippen LogP contribution in [0.15, 0.2) is 71.9 Å². The normalized spacial score (nSPS) is 23.4. The number of rotatable bonds is 4. The van der Waals surface area contributed by atoms with E-state index in [1.54, 1.807) is 67.6 Å². The number of nitrogens with one attached hydrogen (secondary N) is 3. The first kappa shape index (κ1) is 20.9. The number of hydrogen-bond donors (Lipinski definition) is 3. The number of hydrogen-bond acceptors (Lipinski definition) is 4. The molecule has 2 aromatic carbocycles. The van der Waals surface area contributed by atoms with Crippen molar-refractivity contribution < 1.29 is 22.8 Å². The number of nitrogens with zero attached hydrogens (tertiary/aromatic N) is 1. The highest BCUT2D eigenvalue weighted by atomic mass is 19.4. The summed E-state index contributed by atoms with van der Waals surface area (Å²) in [6, 6.07) is 15.1. The van der Waals surface area contributed by atoms with E-state index in [0.717, 1.165) is 5.01 Å². The third-order valence-electron chi connectivity index (χ3n) is 5.48. The summed E-state index contributed by atoms with van der Waals surface area (Å²) >= 11 is 0. The Bertz CT molecular complexity index is 1010. The Morgan fingerprint density at radius 3 is 2.29 bits per heavy atom. The molecule has 31 heavy (non-hydrogen) atoms. The van der Waals surface area contributed by atoms with Crippen molar-refractivity contribution in [2.45, 2.75) is 37.6 Å². The van der Waals surface area contributed by atoms with E-state index < -0.39 is 36.1 Å². The minimum atomic E-state index is -4.57. The van der Waals surface area contributed by atoms with Crippen molar-refractivity contribution in [1.82, 2.24) is 15.8 Å². The zero-order chi connectivity index (χ0) is 22.2. The molecule has 0 bridgehead atoms. The van der Waals surface area contributed by atoms with Crippen molar-refractivity contribution in [1.29, 1.82) is 0 Å². The van der Waals surface area contributed by atoms with Gasteiger partial charge < -0.3 is 10.6 Å². The van der Waals surface area contributed by atoms with Gasteiger partial charge in [-0.15, -0.1) is 0 Å². The van der Waals surface area contributed by atoms with Crippen molar-refractivity contribution in [3.63, 3.8) is 0 Å². The van der Waals surface area contributed by atoms with Crippen LogP contribution in [0, 0.1) is 0 Å². The largest absolute Gasteiger partial charge is 0.406 e. The van der Waals surface area contributed by atoms with Crippen LogP contribution in [-0.2, 0) is 9.59 Å². The van der Waals surface area contributed by atoms with Crippen LogP contribution in [-0.4, -0.2) is 35.2 Å². The lowest BCUT2D eigenvalue weighted by atomic mass is 9.89. The van der Waals surface area contributed by atoms with E-state index >= 15 is 0 Å². The molecule has 2 aromatic rings. The average Bonchev–Trinajstić information content (AvgIpc) is 3.12. The highest BCUT2D eigenvalue weighted by Gasteiger charge is 2.57. The highest BCUT2D eigenvalue weighted by Crippen LogP contribution is 2.41. The number of carbonyl (C=O) groups is 2. The first-order valence-corrected chi connectivity index (χ1v) is 9.78. The second-order valence-corrected chi connectivity index (χ2v) is 7.54. The summed E-state index contributed by atoms with van der Waals surface area (Å²) in [7, 11) is 0. The Morgan fingerprint density at radius 1 is 1.06 bits per heavy atom. The maximum Gasteiger partial charge on any atom is 0.406 e. The maximum atomic E-state index is 13.8. The summed E-state index contributed by atoms with van der Waals surface area (Å²) < 4.78 is 41.4. The average molecular weight is 430 g/mol. The predicted octanol–water partition coefficient (Wildman–Crippen LogP) is 3.28. The van der Waals surface area contributed by atoms with Crippen LogP contribution in [0.4, 0.5) is 18.9 Å². The fourth-order valence-corrected chi connectivity index (χ4v) is 4.03. The van der Waals surface area contributed by atoms with E-state index in [2.05, 4.69) is 16.1 Å². The standard InChI is InChI=1S/C22H21F3N4O2/c1-13-16(12-17(30)27-15-10-6-3-7-11-15)21(31)29-20(26-13)18(14-8-4-2-5-9-14)19(28-29)22(23,24)25/h2-11,18-20,26,28H,12H2,1H3,(H,27,30). The van der Waals surface area contributed by atoms with Gasteiger partial charge in [-0.3, -0.25) is 14.6 Å². The Balaban J connectivity index is 1.59.